The Bertz CT molecular complexity index is 557. The third-order valence-electron chi connectivity index (χ3n) is 4.37. The highest BCUT2D eigenvalue weighted by Crippen LogP contribution is 2.26. The van der Waals surface area contributed by atoms with Crippen LogP contribution >= 0.6 is 0 Å². The fourth-order valence-corrected chi connectivity index (χ4v) is 2.86. The van der Waals surface area contributed by atoms with Gasteiger partial charge in [-0.25, -0.2) is 4.39 Å². The van der Waals surface area contributed by atoms with Crippen LogP contribution in [0, 0.1) is 11.7 Å². The predicted octanol–water partition coefficient (Wildman–Crippen LogP) is 1.96. The van der Waals surface area contributed by atoms with Crippen molar-refractivity contribution in [3.05, 3.63) is 35.6 Å². The Hall–Kier alpha value is -1.91. The molecular weight excluding hydrogens is 271 g/mol. The molecule has 2 fully saturated rings. The van der Waals surface area contributed by atoms with Crippen molar-refractivity contribution < 1.29 is 14.0 Å². The van der Waals surface area contributed by atoms with Crippen molar-refractivity contribution in [3.8, 4) is 0 Å². The number of halogens is 1. The topological polar surface area (TPSA) is 49.4 Å². The van der Waals surface area contributed by atoms with Gasteiger partial charge >= 0.3 is 0 Å². The van der Waals surface area contributed by atoms with Gasteiger partial charge in [-0.1, -0.05) is 12.5 Å². The molecule has 112 valence electrons. The minimum absolute atomic E-state index is 0.0237. The van der Waals surface area contributed by atoms with Gasteiger partial charge in [0.2, 0.25) is 5.91 Å². The minimum Gasteiger partial charge on any atom is -0.351 e. The van der Waals surface area contributed by atoms with E-state index in [1.165, 1.54) is 18.2 Å². The van der Waals surface area contributed by atoms with Crippen LogP contribution in [0.3, 0.4) is 0 Å². The minimum atomic E-state index is -0.408. The molecule has 1 heterocycles. The quantitative estimate of drug-likeness (QED) is 0.925. The number of hydrogen-bond acceptors (Lipinski definition) is 2. The van der Waals surface area contributed by atoms with Crippen molar-refractivity contribution in [2.45, 2.75) is 31.7 Å². The molecule has 1 aliphatic heterocycles. The summed E-state index contributed by atoms with van der Waals surface area (Å²) >= 11 is 0. The summed E-state index contributed by atoms with van der Waals surface area (Å²) in [6.07, 6.45) is 3.85. The van der Waals surface area contributed by atoms with Gasteiger partial charge in [-0.05, 0) is 37.5 Å². The first-order chi connectivity index (χ1) is 10.1. The molecule has 1 aromatic carbocycles. The third kappa shape index (κ3) is 3.06. The van der Waals surface area contributed by atoms with E-state index in [4.69, 9.17) is 0 Å². The van der Waals surface area contributed by atoms with Crippen LogP contribution in [0.2, 0.25) is 0 Å². The first-order valence-corrected chi connectivity index (χ1v) is 7.49. The Balaban J connectivity index is 1.56. The molecule has 1 atom stereocenters. The van der Waals surface area contributed by atoms with E-state index in [2.05, 4.69) is 5.32 Å². The summed E-state index contributed by atoms with van der Waals surface area (Å²) < 4.78 is 13.2. The van der Waals surface area contributed by atoms with Crippen LogP contribution in [0.5, 0.6) is 0 Å². The van der Waals surface area contributed by atoms with Gasteiger partial charge in [-0.15, -0.1) is 0 Å². The molecule has 3 rings (SSSR count). The molecule has 1 N–H and O–H groups in total. The van der Waals surface area contributed by atoms with Crippen LogP contribution in [-0.2, 0) is 4.79 Å². The highest BCUT2D eigenvalue weighted by molar-refractivity contribution is 5.94. The molecule has 1 aromatic rings. The standard InChI is InChI=1S/C16H19FN2O2/c17-13-6-2-5-12(9-13)16(21)19-8-7-14(10-19)18-15(20)11-3-1-4-11/h2,5-6,9,11,14H,1,3-4,7-8,10H2,(H,18,20)/t14-/m1/s1. The van der Waals surface area contributed by atoms with E-state index < -0.39 is 5.82 Å². The van der Waals surface area contributed by atoms with Crippen LogP contribution in [0.1, 0.15) is 36.0 Å². The number of likely N-dealkylation sites (tertiary alicyclic amines) is 1. The summed E-state index contributed by atoms with van der Waals surface area (Å²) in [7, 11) is 0. The maximum absolute atomic E-state index is 13.2. The number of carbonyl (C=O) groups is 2. The Morgan fingerprint density at radius 2 is 2.05 bits per heavy atom. The van der Waals surface area contributed by atoms with Crippen LogP contribution in [-0.4, -0.2) is 35.8 Å². The van der Waals surface area contributed by atoms with Gasteiger partial charge < -0.3 is 10.2 Å². The fraction of sp³-hybridized carbons (Fsp3) is 0.500. The van der Waals surface area contributed by atoms with E-state index in [1.807, 2.05) is 0 Å². The predicted molar refractivity (Wildman–Crippen MR) is 76.2 cm³/mol. The monoisotopic (exact) mass is 290 g/mol. The van der Waals surface area contributed by atoms with Gasteiger partial charge in [-0.2, -0.15) is 0 Å². The van der Waals surface area contributed by atoms with Crippen molar-refractivity contribution >= 4 is 11.8 Å². The zero-order valence-corrected chi connectivity index (χ0v) is 11.8. The second-order valence-corrected chi connectivity index (χ2v) is 5.88. The lowest BCUT2D eigenvalue weighted by atomic mass is 9.84. The number of nitrogens with zero attached hydrogens (tertiary/aromatic N) is 1. The van der Waals surface area contributed by atoms with Gasteiger partial charge in [-0.3, -0.25) is 9.59 Å². The normalized spacial score (nSPS) is 22.0. The van der Waals surface area contributed by atoms with Crippen molar-refractivity contribution in [2.24, 2.45) is 5.92 Å². The molecule has 5 heteroatoms. The second kappa shape index (κ2) is 5.84. The number of carbonyl (C=O) groups excluding carboxylic acids is 2. The van der Waals surface area contributed by atoms with E-state index in [1.54, 1.807) is 11.0 Å². The summed E-state index contributed by atoms with van der Waals surface area (Å²) in [4.78, 5) is 25.9. The van der Waals surface area contributed by atoms with Gasteiger partial charge in [0.15, 0.2) is 0 Å². The average molecular weight is 290 g/mol. The van der Waals surface area contributed by atoms with Crippen LogP contribution < -0.4 is 5.32 Å². The highest BCUT2D eigenvalue weighted by atomic mass is 19.1. The first-order valence-electron chi connectivity index (χ1n) is 7.49. The Morgan fingerprint density at radius 1 is 1.24 bits per heavy atom. The third-order valence-corrected chi connectivity index (χ3v) is 4.37. The maximum atomic E-state index is 13.2. The Kier molecular flexibility index (Phi) is 3.90. The molecule has 0 bridgehead atoms. The fourth-order valence-electron chi connectivity index (χ4n) is 2.86. The van der Waals surface area contributed by atoms with E-state index in [9.17, 15) is 14.0 Å². The summed E-state index contributed by atoms with van der Waals surface area (Å²) in [5.41, 5.74) is 0.362. The van der Waals surface area contributed by atoms with Gasteiger partial charge in [0.05, 0.1) is 0 Å². The van der Waals surface area contributed by atoms with E-state index >= 15 is 0 Å². The SMILES string of the molecule is O=C(N[C@@H]1CCN(C(=O)c2cccc(F)c2)C1)C1CCC1. The van der Waals surface area contributed by atoms with Gasteiger partial charge in [0.25, 0.3) is 5.91 Å². The van der Waals surface area contributed by atoms with Crippen LogP contribution in [0.4, 0.5) is 4.39 Å². The van der Waals surface area contributed by atoms with E-state index in [0.717, 1.165) is 25.7 Å². The smallest absolute Gasteiger partial charge is 0.254 e. The van der Waals surface area contributed by atoms with Crippen molar-refractivity contribution in [1.82, 2.24) is 10.2 Å². The molecule has 0 spiro atoms. The number of rotatable bonds is 3. The number of amides is 2. The summed E-state index contributed by atoms with van der Waals surface area (Å²) in [6.45, 7) is 1.11. The maximum Gasteiger partial charge on any atom is 0.254 e. The Labute approximate surface area is 123 Å². The molecule has 2 amide bonds. The average Bonchev–Trinajstić information content (AvgIpc) is 2.84. The molecule has 0 unspecified atom stereocenters. The second-order valence-electron chi connectivity index (χ2n) is 5.88. The Morgan fingerprint density at radius 3 is 2.71 bits per heavy atom. The lowest BCUT2D eigenvalue weighted by molar-refractivity contribution is -0.128. The van der Waals surface area contributed by atoms with Crippen molar-refractivity contribution in [2.75, 3.05) is 13.1 Å². The molecular formula is C16H19FN2O2. The van der Waals surface area contributed by atoms with Crippen molar-refractivity contribution in [3.63, 3.8) is 0 Å². The molecule has 4 nitrogen and oxygen atoms in total. The van der Waals surface area contributed by atoms with Crippen LogP contribution in [0.15, 0.2) is 24.3 Å². The van der Waals surface area contributed by atoms with Gasteiger partial charge in [0, 0.05) is 30.6 Å². The lowest BCUT2D eigenvalue weighted by Gasteiger charge is -2.26. The molecule has 1 saturated heterocycles. The zero-order chi connectivity index (χ0) is 14.8. The summed E-state index contributed by atoms with van der Waals surface area (Å²) in [6, 6.07) is 5.75. The molecule has 0 aromatic heterocycles. The van der Waals surface area contributed by atoms with Crippen molar-refractivity contribution in [1.29, 1.82) is 0 Å². The first kappa shape index (κ1) is 14.0. The van der Waals surface area contributed by atoms with E-state index in [0.29, 0.717) is 18.7 Å². The highest BCUT2D eigenvalue weighted by Gasteiger charge is 2.31. The number of nitrogens with one attached hydrogen (secondary N) is 1. The molecule has 2 aliphatic rings. The molecule has 21 heavy (non-hydrogen) atoms. The number of benzene rings is 1. The van der Waals surface area contributed by atoms with Crippen LogP contribution in [0.25, 0.3) is 0 Å². The summed E-state index contributed by atoms with van der Waals surface area (Å²) in [5.74, 6) is -0.297. The van der Waals surface area contributed by atoms with Gasteiger partial charge in [0.1, 0.15) is 5.82 Å². The number of hydrogen-bond donors (Lipinski definition) is 1. The van der Waals surface area contributed by atoms with E-state index in [-0.39, 0.29) is 23.8 Å². The molecule has 1 saturated carbocycles. The lowest BCUT2D eigenvalue weighted by Crippen LogP contribution is -2.43. The summed E-state index contributed by atoms with van der Waals surface area (Å²) in [5, 5.41) is 3.02. The largest absolute Gasteiger partial charge is 0.351 e. The zero-order valence-electron chi connectivity index (χ0n) is 11.8. The molecule has 1 aliphatic carbocycles. The molecule has 0 radical (unpaired) electrons.